The lowest BCUT2D eigenvalue weighted by Crippen LogP contribution is -2.31. The Kier molecular flexibility index (Phi) is 6.00. The third-order valence-corrected chi connectivity index (χ3v) is 4.70. The molecule has 0 aliphatic carbocycles. The number of nitrogens with zero attached hydrogens (tertiary/aromatic N) is 1. The van der Waals surface area contributed by atoms with Crippen molar-refractivity contribution >= 4 is 27.5 Å². The fourth-order valence-electron chi connectivity index (χ4n) is 2.54. The van der Waals surface area contributed by atoms with E-state index in [0.29, 0.717) is 6.54 Å². The molecule has 2 aromatic carbocycles. The van der Waals surface area contributed by atoms with E-state index < -0.39 is 0 Å². The normalized spacial score (nSPS) is 11.2. The number of halogens is 1. The van der Waals surface area contributed by atoms with Crippen molar-refractivity contribution in [3.05, 3.63) is 76.8 Å². The van der Waals surface area contributed by atoms with Crippen molar-refractivity contribution in [1.82, 2.24) is 0 Å². The molecule has 24 heavy (non-hydrogen) atoms. The number of amides is 1. The molecule has 0 radical (unpaired) electrons. The Morgan fingerprint density at radius 3 is 2.29 bits per heavy atom. The van der Waals surface area contributed by atoms with Gasteiger partial charge >= 0.3 is 0 Å². The van der Waals surface area contributed by atoms with E-state index in [9.17, 15) is 4.79 Å². The van der Waals surface area contributed by atoms with Crippen molar-refractivity contribution in [3.63, 3.8) is 0 Å². The Labute approximate surface area is 153 Å². The van der Waals surface area contributed by atoms with E-state index in [1.54, 1.807) is 4.90 Å². The van der Waals surface area contributed by atoms with Crippen LogP contribution in [0.25, 0.3) is 0 Å². The molecule has 0 heterocycles. The van der Waals surface area contributed by atoms with Crippen molar-refractivity contribution < 1.29 is 4.79 Å². The molecular weight excluding hydrogens is 362 g/mol. The lowest BCUT2D eigenvalue weighted by molar-refractivity contribution is -0.114. The Bertz CT molecular complexity index is 713. The number of rotatable bonds is 5. The second-order valence-corrected chi connectivity index (χ2v) is 7.70. The zero-order valence-electron chi connectivity index (χ0n) is 14.6. The molecule has 0 fully saturated rings. The predicted octanol–water partition coefficient (Wildman–Crippen LogP) is 5.51. The molecule has 1 amide bonds. The summed E-state index contributed by atoms with van der Waals surface area (Å²) in [7, 11) is 0. The fraction of sp³-hybridized carbons (Fsp3) is 0.286. The number of para-hydroxylation sites is 1. The number of anilines is 1. The predicted molar refractivity (Wildman–Crippen MR) is 106 cm³/mol. The first kappa shape index (κ1) is 18.5. The third-order valence-electron chi connectivity index (χ3n) is 4.03. The molecule has 0 atom stereocenters. The summed E-state index contributed by atoms with van der Waals surface area (Å²) in [5.41, 5.74) is 3.56. The first-order valence-electron chi connectivity index (χ1n) is 8.11. The van der Waals surface area contributed by atoms with Gasteiger partial charge in [-0.05, 0) is 57.1 Å². The maximum absolute atomic E-state index is 12.3. The minimum Gasteiger partial charge on any atom is -0.307 e. The molecule has 0 bridgehead atoms. The van der Waals surface area contributed by atoms with Crippen LogP contribution >= 0.6 is 15.9 Å². The van der Waals surface area contributed by atoms with E-state index in [1.165, 1.54) is 17.2 Å². The first-order chi connectivity index (χ1) is 11.3. The summed E-state index contributed by atoms with van der Waals surface area (Å²) in [5.74, 6) is -0.0896. The summed E-state index contributed by atoms with van der Waals surface area (Å²) in [6.07, 6.45) is 2.16. The van der Waals surface area contributed by atoms with Crippen LogP contribution in [0.2, 0.25) is 0 Å². The Morgan fingerprint density at radius 1 is 1.12 bits per heavy atom. The van der Waals surface area contributed by atoms with Gasteiger partial charge in [0.1, 0.15) is 0 Å². The van der Waals surface area contributed by atoms with E-state index >= 15 is 0 Å². The van der Waals surface area contributed by atoms with Gasteiger partial charge < -0.3 is 4.90 Å². The van der Waals surface area contributed by atoms with Gasteiger partial charge in [-0.3, -0.25) is 4.79 Å². The van der Waals surface area contributed by atoms with Crippen LogP contribution in [0.5, 0.6) is 0 Å². The molecule has 0 saturated heterocycles. The molecule has 3 heteroatoms. The van der Waals surface area contributed by atoms with Gasteiger partial charge in [0.05, 0.1) is 5.69 Å². The summed E-state index contributed by atoms with van der Waals surface area (Å²) in [5, 5.41) is 0. The molecule has 0 unspecified atom stereocenters. The lowest BCUT2D eigenvalue weighted by atomic mass is 9.86. The highest BCUT2D eigenvalue weighted by Crippen LogP contribution is 2.27. The van der Waals surface area contributed by atoms with Crippen LogP contribution in [0, 0.1) is 0 Å². The highest BCUT2D eigenvalue weighted by Gasteiger charge is 2.16. The van der Waals surface area contributed by atoms with Gasteiger partial charge in [0.2, 0.25) is 5.91 Å². The summed E-state index contributed by atoms with van der Waals surface area (Å²) < 4.78 is 0.906. The summed E-state index contributed by atoms with van der Waals surface area (Å²) >= 11 is 3.52. The van der Waals surface area contributed by atoms with Crippen molar-refractivity contribution in [1.29, 1.82) is 0 Å². The first-order valence-corrected chi connectivity index (χ1v) is 8.90. The van der Waals surface area contributed by atoms with Gasteiger partial charge in [-0.2, -0.15) is 0 Å². The topological polar surface area (TPSA) is 20.3 Å². The molecule has 0 aromatic heterocycles. The van der Waals surface area contributed by atoms with Crippen molar-refractivity contribution in [3.8, 4) is 0 Å². The van der Waals surface area contributed by atoms with Gasteiger partial charge in [0, 0.05) is 11.0 Å². The molecule has 2 nitrogen and oxygen atoms in total. The van der Waals surface area contributed by atoms with Crippen LogP contribution in [0.1, 0.15) is 31.9 Å². The second kappa shape index (κ2) is 7.80. The summed E-state index contributed by atoms with van der Waals surface area (Å²) in [6, 6.07) is 16.4. The maximum atomic E-state index is 12.3. The minimum absolute atomic E-state index is 0.0896. The minimum atomic E-state index is -0.0896. The molecule has 2 aromatic rings. The maximum Gasteiger partial charge on any atom is 0.250 e. The molecule has 0 spiro atoms. The number of hydrogen-bond donors (Lipinski definition) is 0. The Balaban J connectivity index is 2.15. The van der Waals surface area contributed by atoms with Crippen LogP contribution in [-0.4, -0.2) is 12.5 Å². The molecule has 0 saturated carbocycles. The molecule has 126 valence electrons. The van der Waals surface area contributed by atoms with Crippen molar-refractivity contribution in [2.75, 3.05) is 11.4 Å². The molecule has 0 aliphatic heterocycles. The smallest absolute Gasteiger partial charge is 0.250 e. The van der Waals surface area contributed by atoms with Crippen LogP contribution in [-0.2, 0) is 16.6 Å². The largest absolute Gasteiger partial charge is 0.307 e. The second-order valence-electron chi connectivity index (χ2n) is 6.84. The van der Waals surface area contributed by atoms with Crippen LogP contribution < -0.4 is 4.90 Å². The number of hydrogen-bond acceptors (Lipinski definition) is 1. The van der Waals surface area contributed by atoms with E-state index in [2.05, 4.69) is 67.5 Å². The lowest BCUT2D eigenvalue weighted by Gasteiger charge is -2.23. The highest BCUT2D eigenvalue weighted by atomic mass is 79.9. The standard InChI is InChI=1S/C21H24BrNO/c1-5-20(24)23(19-9-7-6-8-18(19)22)15-14-16-10-12-17(13-11-16)21(2,3)4/h5-13H,1,14-15H2,2-4H3. The SMILES string of the molecule is C=CC(=O)N(CCc1ccc(C(C)(C)C)cc1)c1ccccc1Br. The Morgan fingerprint density at radius 2 is 1.75 bits per heavy atom. The highest BCUT2D eigenvalue weighted by molar-refractivity contribution is 9.10. The van der Waals surface area contributed by atoms with Gasteiger partial charge in [0.15, 0.2) is 0 Å². The monoisotopic (exact) mass is 385 g/mol. The number of carbonyl (C=O) groups excluding carboxylic acids is 1. The van der Waals surface area contributed by atoms with Gasteiger partial charge in [0.25, 0.3) is 0 Å². The molecule has 0 aliphatic rings. The van der Waals surface area contributed by atoms with E-state index in [4.69, 9.17) is 0 Å². The molecule has 0 N–H and O–H groups in total. The van der Waals surface area contributed by atoms with Crippen LogP contribution in [0.3, 0.4) is 0 Å². The van der Waals surface area contributed by atoms with Gasteiger partial charge in [-0.1, -0.05) is 63.7 Å². The Hall–Kier alpha value is -1.87. The zero-order chi connectivity index (χ0) is 17.7. The van der Waals surface area contributed by atoms with E-state index in [1.807, 2.05) is 24.3 Å². The molecule has 2 rings (SSSR count). The average molecular weight is 386 g/mol. The summed E-state index contributed by atoms with van der Waals surface area (Å²) in [6.45, 7) is 10.9. The van der Waals surface area contributed by atoms with Crippen LogP contribution in [0.15, 0.2) is 65.7 Å². The number of benzene rings is 2. The van der Waals surface area contributed by atoms with E-state index in [-0.39, 0.29) is 11.3 Å². The van der Waals surface area contributed by atoms with E-state index in [0.717, 1.165) is 16.6 Å². The number of carbonyl (C=O) groups is 1. The van der Waals surface area contributed by atoms with Crippen molar-refractivity contribution in [2.24, 2.45) is 0 Å². The third kappa shape index (κ3) is 4.57. The van der Waals surface area contributed by atoms with Crippen molar-refractivity contribution in [2.45, 2.75) is 32.6 Å². The van der Waals surface area contributed by atoms with Gasteiger partial charge in [-0.25, -0.2) is 0 Å². The van der Waals surface area contributed by atoms with Crippen LogP contribution in [0.4, 0.5) is 5.69 Å². The zero-order valence-corrected chi connectivity index (χ0v) is 16.1. The quantitative estimate of drug-likeness (QED) is 0.621. The fourth-order valence-corrected chi connectivity index (χ4v) is 3.04. The average Bonchev–Trinajstić information content (AvgIpc) is 2.56. The summed E-state index contributed by atoms with van der Waals surface area (Å²) in [4.78, 5) is 14.0. The molecular formula is C21H24BrNO. The van der Waals surface area contributed by atoms with Gasteiger partial charge in [-0.15, -0.1) is 0 Å².